The van der Waals surface area contributed by atoms with Crippen molar-refractivity contribution in [2.45, 2.75) is 30.5 Å². The number of aromatic nitrogens is 3. The lowest BCUT2D eigenvalue weighted by Crippen LogP contribution is -2.29. The number of rotatable bonds is 5. The van der Waals surface area contributed by atoms with Crippen molar-refractivity contribution in [1.29, 1.82) is 0 Å². The van der Waals surface area contributed by atoms with E-state index in [2.05, 4.69) is 15.5 Å². The Hall–Kier alpha value is -2.70. The summed E-state index contributed by atoms with van der Waals surface area (Å²) in [6, 6.07) is 5.94. The monoisotopic (exact) mass is 487 g/mol. The van der Waals surface area contributed by atoms with Crippen molar-refractivity contribution in [3.05, 3.63) is 58.5 Å². The van der Waals surface area contributed by atoms with Gasteiger partial charge in [-0.05, 0) is 43.2 Å². The molecule has 3 aromatic rings. The maximum atomic E-state index is 13.0. The van der Waals surface area contributed by atoms with E-state index in [0.29, 0.717) is 13.1 Å². The van der Waals surface area contributed by atoms with Gasteiger partial charge < -0.3 is 5.32 Å². The predicted octanol–water partition coefficient (Wildman–Crippen LogP) is 3.12. The summed E-state index contributed by atoms with van der Waals surface area (Å²) in [6.07, 6.45) is -2.20. The van der Waals surface area contributed by atoms with Gasteiger partial charge in [-0.15, -0.1) is 10.2 Å². The van der Waals surface area contributed by atoms with E-state index >= 15 is 0 Å². The first-order valence-corrected chi connectivity index (χ1v) is 11.4. The average molecular weight is 488 g/mol. The summed E-state index contributed by atoms with van der Waals surface area (Å²) < 4.78 is 67.1. The first kappa shape index (κ1) is 22.5. The van der Waals surface area contributed by atoms with Crippen LogP contribution in [-0.4, -0.2) is 46.3 Å². The molecule has 0 atom stereocenters. The molecule has 1 aliphatic rings. The molecule has 1 aliphatic heterocycles. The number of carbonyl (C=O) groups is 1. The summed E-state index contributed by atoms with van der Waals surface area (Å²) in [5.41, 5.74) is -0.656. The van der Waals surface area contributed by atoms with Crippen molar-refractivity contribution in [2.24, 2.45) is 0 Å². The zero-order valence-electron chi connectivity index (χ0n) is 16.4. The van der Waals surface area contributed by atoms with E-state index in [1.807, 2.05) is 0 Å². The number of hydrogen-bond acceptors (Lipinski definition) is 5. The molecule has 0 saturated carbocycles. The molecule has 8 nitrogen and oxygen atoms in total. The third-order valence-electron chi connectivity index (χ3n) is 5.08. The number of nitrogens with one attached hydrogen (secondary N) is 1. The number of halogens is 4. The van der Waals surface area contributed by atoms with Gasteiger partial charge in [0.1, 0.15) is 4.90 Å². The summed E-state index contributed by atoms with van der Waals surface area (Å²) in [4.78, 5) is 12.4. The zero-order chi connectivity index (χ0) is 23.1. The van der Waals surface area contributed by atoms with Crippen LogP contribution >= 0.6 is 11.6 Å². The largest absolute Gasteiger partial charge is 0.417 e. The number of fused-ring (bicyclic) bond motifs is 1. The van der Waals surface area contributed by atoms with E-state index in [4.69, 9.17) is 11.6 Å². The Balaban J connectivity index is 1.55. The van der Waals surface area contributed by atoms with Crippen LogP contribution in [0.15, 0.2) is 41.4 Å². The molecule has 3 heterocycles. The van der Waals surface area contributed by atoms with Crippen LogP contribution in [0.25, 0.3) is 5.65 Å². The minimum Gasteiger partial charge on any atom is -0.345 e. The van der Waals surface area contributed by atoms with E-state index in [0.717, 1.165) is 29.5 Å². The molecule has 0 radical (unpaired) electrons. The minimum atomic E-state index is -4.54. The maximum absolute atomic E-state index is 13.0. The molecule has 0 unspecified atom stereocenters. The van der Waals surface area contributed by atoms with Gasteiger partial charge in [-0.25, -0.2) is 8.42 Å². The lowest BCUT2D eigenvalue weighted by molar-refractivity contribution is -0.137. The number of benzene rings is 1. The van der Waals surface area contributed by atoms with Crippen molar-refractivity contribution in [3.63, 3.8) is 0 Å². The van der Waals surface area contributed by atoms with Crippen molar-refractivity contribution in [3.8, 4) is 0 Å². The van der Waals surface area contributed by atoms with E-state index in [1.54, 1.807) is 0 Å². The van der Waals surface area contributed by atoms with Crippen LogP contribution in [0.2, 0.25) is 5.02 Å². The molecule has 1 fully saturated rings. The number of pyridine rings is 1. The van der Waals surface area contributed by atoms with E-state index in [9.17, 15) is 26.4 Å². The van der Waals surface area contributed by atoms with Gasteiger partial charge in [0.15, 0.2) is 11.5 Å². The number of sulfonamides is 1. The molecule has 0 aliphatic carbocycles. The smallest absolute Gasteiger partial charge is 0.345 e. The second-order valence-corrected chi connectivity index (χ2v) is 9.51. The van der Waals surface area contributed by atoms with Gasteiger partial charge in [0.2, 0.25) is 10.0 Å². The molecule has 1 saturated heterocycles. The quantitative estimate of drug-likeness (QED) is 0.596. The van der Waals surface area contributed by atoms with Crippen LogP contribution < -0.4 is 5.32 Å². The maximum Gasteiger partial charge on any atom is 0.417 e. The van der Waals surface area contributed by atoms with Gasteiger partial charge in [0, 0.05) is 24.8 Å². The molecule has 1 amide bonds. The van der Waals surface area contributed by atoms with E-state index in [-0.39, 0.29) is 33.5 Å². The number of amides is 1. The van der Waals surface area contributed by atoms with Gasteiger partial charge >= 0.3 is 6.18 Å². The number of carbonyl (C=O) groups excluding carboxylic acids is 1. The average Bonchev–Trinajstić information content (AvgIpc) is 3.41. The van der Waals surface area contributed by atoms with Crippen LogP contribution in [0, 0.1) is 0 Å². The Morgan fingerprint density at radius 3 is 2.53 bits per heavy atom. The van der Waals surface area contributed by atoms with Gasteiger partial charge in [-0.2, -0.15) is 17.5 Å². The molecule has 2 aromatic heterocycles. The van der Waals surface area contributed by atoms with E-state index < -0.39 is 27.7 Å². The fourth-order valence-corrected chi connectivity index (χ4v) is 5.42. The molecular formula is C19H17ClF3N5O3S. The molecule has 0 spiro atoms. The summed E-state index contributed by atoms with van der Waals surface area (Å²) in [6.45, 7) is 0.544. The Kier molecular flexibility index (Phi) is 5.86. The van der Waals surface area contributed by atoms with Crippen LogP contribution in [0.1, 0.15) is 34.6 Å². The van der Waals surface area contributed by atoms with Crippen molar-refractivity contribution < 1.29 is 26.4 Å². The topological polar surface area (TPSA) is 96.7 Å². The summed E-state index contributed by atoms with van der Waals surface area (Å²) in [7, 11) is -3.84. The third-order valence-corrected chi connectivity index (χ3v) is 7.46. The first-order chi connectivity index (χ1) is 15.1. The molecule has 13 heteroatoms. The van der Waals surface area contributed by atoms with Crippen molar-refractivity contribution in [2.75, 3.05) is 13.1 Å². The third kappa shape index (κ3) is 4.30. The summed E-state index contributed by atoms with van der Waals surface area (Å²) >= 11 is 6.09. The second-order valence-electron chi connectivity index (χ2n) is 7.20. The van der Waals surface area contributed by atoms with E-state index in [1.165, 1.54) is 28.6 Å². The number of alkyl halides is 3. The fourth-order valence-electron chi connectivity index (χ4n) is 3.40. The summed E-state index contributed by atoms with van der Waals surface area (Å²) in [5.74, 6) is -0.554. The highest BCUT2D eigenvalue weighted by Gasteiger charge is 2.31. The molecule has 170 valence electrons. The minimum absolute atomic E-state index is 0.00317. The van der Waals surface area contributed by atoms with Crippen LogP contribution in [0.3, 0.4) is 0 Å². The SMILES string of the molecule is O=C(NCc1nnc2ccc(C(F)(F)F)cn12)c1ccc(Cl)c(S(=O)(=O)N2CCCC2)c1. The predicted molar refractivity (Wildman–Crippen MR) is 109 cm³/mol. The zero-order valence-corrected chi connectivity index (χ0v) is 18.0. The van der Waals surface area contributed by atoms with Crippen LogP contribution in [0.5, 0.6) is 0 Å². The summed E-state index contributed by atoms with van der Waals surface area (Å²) in [5, 5.41) is 10.1. The lowest BCUT2D eigenvalue weighted by atomic mass is 10.2. The Bertz CT molecular complexity index is 1290. The molecule has 32 heavy (non-hydrogen) atoms. The van der Waals surface area contributed by atoms with Gasteiger partial charge in [-0.1, -0.05) is 11.6 Å². The lowest BCUT2D eigenvalue weighted by Gasteiger charge is -2.17. The standard InChI is InChI=1S/C19H17ClF3N5O3S/c20-14-5-3-12(9-15(14)32(30,31)27-7-1-2-8-27)18(29)24-10-17-26-25-16-6-4-13(11-28(16)17)19(21,22)23/h3-6,9,11H,1-2,7-8,10H2,(H,24,29). The van der Waals surface area contributed by atoms with Crippen LogP contribution in [0.4, 0.5) is 13.2 Å². The van der Waals surface area contributed by atoms with Crippen molar-refractivity contribution in [1.82, 2.24) is 24.2 Å². The molecule has 1 N–H and O–H groups in total. The molecule has 0 bridgehead atoms. The second kappa shape index (κ2) is 8.34. The number of nitrogens with zero attached hydrogens (tertiary/aromatic N) is 4. The molecule has 1 aromatic carbocycles. The first-order valence-electron chi connectivity index (χ1n) is 9.56. The Morgan fingerprint density at radius 1 is 1.12 bits per heavy atom. The molecule has 4 rings (SSSR count). The van der Waals surface area contributed by atoms with Crippen LogP contribution in [-0.2, 0) is 22.7 Å². The Morgan fingerprint density at radius 2 is 1.84 bits per heavy atom. The number of hydrogen-bond donors (Lipinski definition) is 1. The normalized spacial score (nSPS) is 15.4. The van der Waals surface area contributed by atoms with Gasteiger partial charge in [-0.3, -0.25) is 9.20 Å². The highest BCUT2D eigenvalue weighted by Crippen LogP contribution is 2.30. The highest BCUT2D eigenvalue weighted by atomic mass is 35.5. The fraction of sp³-hybridized carbons (Fsp3) is 0.316. The highest BCUT2D eigenvalue weighted by molar-refractivity contribution is 7.89. The van der Waals surface area contributed by atoms with Gasteiger partial charge in [0.25, 0.3) is 5.91 Å². The Labute approximate surface area is 186 Å². The van der Waals surface area contributed by atoms with Crippen molar-refractivity contribution >= 4 is 33.2 Å². The molecular weight excluding hydrogens is 471 g/mol. The van der Waals surface area contributed by atoms with Gasteiger partial charge in [0.05, 0.1) is 17.1 Å².